The maximum atomic E-state index is 12.3. The predicted molar refractivity (Wildman–Crippen MR) is 89.8 cm³/mol. The molecule has 6 heteroatoms. The van der Waals surface area contributed by atoms with Crippen LogP contribution in [0.1, 0.15) is 17.3 Å². The topological polar surface area (TPSA) is 46.3 Å². The van der Waals surface area contributed by atoms with E-state index in [0.717, 1.165) is 8.04 Å². The van der Waals surface area contributed by atoms with E-state index in [-0.39, 0.29) is 11.8 Å². The minimum atomic E-state index is -0.0384. The number of thiocarbonyl (C=S) groups is 1. The lowest BCUT2D eigenvalue weighted by molar-refractivity contribution is 0.0786. The molecule has 18 heavy (non-hydrogen) atoms. The van der Waals surface area contributed by atoms with Gasteiger partial charge >= 0.3 is 0 Å². The van der Waals surface area contributed by atoms with Crippen LogP contribution in [0, 0.1) is 9.49 Å². The van der Waals surface area contributed by atoms with Crippen LogP contribution in [0.3, 0.4) is 0 Å². The monoisotopic (exact) mass is 440 g/mol. The summed E-state index contributed by atoms with van der Waals surface area (Å²) in [5.74, 6) is -0.0287. The van der Waals surface area contributed by atoms with Gasteiger partial charge in [-0.3, -0.25) is 4.79 Å². The molecule has 0 aliphatic carbocycles. The van der Waals surface area contributed by atoms with Gasteiger partial charge in [-0.1, -0.05) is 19.1 Å². The molecule has 0 fully saturated rings. The van der Waals surface area contributed by atoms with Crippen LogP contribution in [0.25, 0.3) is 0 Å². The fourth-order valence-corrected chi connectivity index (χ4v) is 2.43. The fourth-order valence-electron chi connectivity index (χ4n) is 1.45. The Kier molecular flexibility index (Phi) is 6.00. The van der Waals surface area contributed by atoms with Crippen LogP contribution in [0.5, 0.6) is 0 Å². The average molecular weight is 441 g/mol. The summed E-state index contributed by atoms with van der Waals surface area (Å²) in [4.78, 5) is 14.4. The summed E-state index contributed by atoms with van der Waals surface area (Å²) >= 11 is 10.5. The van der Waals surface area contributed by atoms with Gasteiger partial charge in [0.25, 0.3) is 5.91 Å². The van der Waals surface area contributed by atoms with Gasteiger partial charge in [0.1, 0.15) is 0 Å². The van der Waals surface area contributed by atoms with Crippen molar-refractivity contribution in [3.63, 3.8) is 0 Å². The third-order valence-electron chi connectivity index (χ3n) is 2.54. The molecule has 1 amide bonds. The number of halogens is 2. The molecule has 0 saturated carbocycles. The molecule has 1 unspecified atom stereocenters. The van der Waals surface area contributed by atoms with Crippen molar-refractivity contribution in [1.29, 1.82) is 0 Å². The summed E-state index contributed by atoms with van der Waals surface area (Å²) in [6, 6.07) is 5.67. The average Bonchev–Trinajstić information content (AvgIpc) is 2.31. The molecule has 1 aromatic rings. The highest BCUT2D eigenvalue weighted by atomic mass is 127. The summed E-state index contributed by atoms with van der Waals surface area (Å²) in [5, 5.41) is 0. The number of carbonyl (C=O) groups is 1. The van der Waals surface area contributed by atoms with E-state index in [1.807, 2.05) is 25.1 Å². The quantitative estimate of drug-likeness (QED) is 0.578. The molecule has 0 aliphatic heterocycles. The van der Waals surface area contributed by atoms with Gasteiger partial charge in [-0.05, 0) is 56.7 Å². The first kappa shape index (κ1) is 15.8. The summed E-state index contributed by atoms with van der Waals surface area (Å²) in [5.41, 5.74) is 6.21. The summed E-state index contributed by atoms with van der Waals surface area (Å²) in [6.07, 6.45) is 0. The minimum Gasteiger partial charge on any atom is -0.393 e. The van der Waals surface area contributed by atoms with E-state index < -0.39 is 0 Å². The van der Waals surface area contributed by atoms with Crippen molar-refractivity contribution in [3.8, 4) is 0 Å². The normalized spacial score (nSPS) is 12.0. The molecule has 0 bridgehead atoms. The maximum absolute atomic E-state index is 12.3. The van der Waals surface area contributed by atoms with E-state index in [9.17, 15) is 4.79 Å². The van der Waals surface area contributed by atoms with E-state index in [1.54, 1.807) is 11.9 Å². The molecule has 1 atom stereocenters. The summed E-state index contributed by atoms with van der Waals surface area (Å²) in [6.45, 7) is 2.43. The zero-order valence-corrected chi connectivity index (χ0v) is 14.7. The number of carbonyl (C=O) groups excluding carboxylic acids is 1. The summed E-state index contributed by atoms with van der Waals surface area (Å²) < 4.78 is 1.82. The van der Waals surface area contributed by atoms with E-state index in [2.05, 4.69) is 38.5 Å². The third-order valence-corrected chi connectivity index (χ3v) is 4.30. The van der Waals surface area contributed by atoms with Crippen molar-refractivity contribution in [3.05, 3.63) is 31.8 Å². The number of hydrogen-bond donors (Lipinski definition) is 1. The molecule has 0 radical (unpaired) electrons. The number of nitrogens with zero attached hydrogens (tertiary/aromatic N) is 1. The van der Waals surface area contributed by atoms with Crippen LogP contribution in [0.15, 0.2) is 22.7 Å². The highest BCUT2D eigenvalue weighted by molar-refractivity contribution is 14.1. The van der Waals surface area contributed by atoms with Crippen molar-refractivity contribution in [2.45, 2.75) is 6.92 Å². The Labute approximate surface area is 134 Å². The number of rotatable bonds is 4. The van der Waals surface area contributed by atoms with Crippen molar-refractivity contribution >= 4 is 61.6 Å². The van der Waals surface area contributed by atoms with Gasteiger partial charge in [-0.15, -0.1) is 0 Å². The molecular formula is C12H14BrIN2OS. The molecule has 3 nitrogen and oxygen atoms in total. The van der Waals surface area contributed by atoms with E-state index in [1.165, 1.54) is 0 Å². The Morgan fingerprint density at radius 3 is 2.78 bits per heavy atom. The number of nitrogens with two attached hydrogens (primary N) is 1. The second-order valence-corrected chi connectivity index (χ2v) is 6.68. The number of hydrogen-bond acceptors (Lipinski definition) is 2. The van der Waals surface area contributed by atoms with Crippen LogP contribution in [-0.2, 0) is 0 Å². The minimum absolute atomic E-state index is 0.00973. The van der Waals surface area contributed by atoms with Crippen molar-refractivity contribution < 1.29 is 4.79 Å². The molecule has 2 N–H and O–H groups in total. The van der Waals surface area contributed by atoms with Gasteiger partial charge in [-0.2, -0.15) is 0 Å². The van der Waals surface area contributed by atoms with Gasteiger partial charge < -0.3 is 10.6 Å². The molecule has 1 aromatic carbocycles. The lowest BCUT2D eigenvalue weighted by atomic mass is 10.1. The molecule has 0 spiro atoms. The SMILES string of the molecule is CC(CN(C)C(=O)c1cc(I)ccc1Br)C(N)=S. The van der Waals surface area contributed by atoms with Crippen LogP contribution < -0.4 is 5.73 Å². The Hall–Kier alpha value is -0.210. The smallest absolute Gasteiger partial charge is 0.254 e. The molecule has 0 aliphatic rings. The molecule has 0 aromatic heterocycles. The highest BCUT2D eigenvalue weighted by Gasteiger charge is 2.18. The van der Waals surface area contributed by atoms with Crippen molar-refractivity contribution in [2.24, 2.45) is 11.7 Å². The third kappa shape index (κ3) is 4.17. The number of amides is 1. The van der Waals surface area contributed by atoms with Gasteiger partial charge in [0, 0.05) is 27.6 Å². The van der Waals surface area contributed by atoms with Gasteiger partial charge in [-0.25, -0.2) is 0 Å². The van der Waals surface area contributed by atoms with Crippen molar-refractivity contribution in [1.82, 2.24) is 4.90 Å². The molecular weight excluding hydrogens is 427 g/mol. The lowest BCUT2D eigenvalue weighted by Gasteiger charge is -2.21. The highest BCUT2D eigenvalue weighted by Crippen LogP contribution is 2.21. The predicted octanol–water partition coefficient (Wildman–Crippen LogP) is 3.05. The second kappa shape index (κ2) is 6.81. The van der Waals surface area contributed by atoms with E-state index >= 15 is 0 Å². The zero-order valence-electron chi connectivity index (χ0n) is 10.1. The summed E-state index contributed by atoms with van der Waals surface area (Å²) in [7, 11) is 1.75. The first-order chi connectivity index (χ1) is 8.32. The fraction of sp³-hybridized carbons (Fsp3) is 0.333. The van der Waals surface area contributed by atoms with E-state index in [0.29, 0.717) is 17.1 Å². The Morgan fingerprint density at radius 1 is 1.61 bits per heavy atom. The van der Waals surface area contributed by atoms with Crippen molar-refractivity contribution in [2.75, 3.05) is 13.6 Å². The Bertz CT molecular complexity index is 481. The Balaban J connectivity index is 2.86. The zero-order chi connectivity index (χ0) is 13.9. The van der Waals surface area contributed by atoms with Crippen LogP contribution in [-0.4, -0.2) is 29.4 Å². The van der Waals surface area contributed by atoms with Gasteiger partial charge in [0.15, 0.2) is 0 Å². The first-order valence-electron chi connectivity index (χ1n) is 5.32. The molecule has 0 heterocycles. The second-order valence-electron chi connectivity index (χ2n) is 4.11. The van der Waals surface area contributed by atoms with Crippen LogP contribution >= 0.6 is 50.7 Å². The Morgan fingerprint density at radius 2 is 2.22 bits per heavy atom. The molecule has 98 valence electrons. The lowest BCUT2D eigenvalue weighted by Crippen LogP contribution is -2.35. The standard InChI is InChI=1S/C12H14BrIN2OS/c1-7(11(15)18)6-16(2)12(17)9-5-8(14)3-4-10(9)13/h3-5,7H,6H2,1-2H3,(H2,15,18). The number of benzene rings is 1. The molecule has 1 rings (SSSR count). The van der Waals surface area contributed by atoms with Gasteiger partial charge in [0.2, 0.25) is 0 Å². The van der Waals surface area contributed by atoms with Crippen LogP contribution in [0.2, 0.25) is 0 Å². The molecule has 0 saturated heterocycles. The van der Waals surface area contributed by atoms with Crippen LogP contribution in [0.4, 0.5) is 0 Å². The first-order valence-corrected chi connectivity index (χ1v) is 7.60. The van der Waals surface area contributed by atoms with Gasteiger partial charge in [0.05, 0.1) is 10.6 Å². The van der Waals surface area contributed by atoms with E-state index in [4.69, 9.17) is 18.0 Å². The maximum Gasteiger partial charge on any atom is 0.254 e. The largest absolute Gasteiger partial charge is 0.393 e.